The van der Waals surface area contributed by atoms with Gasteiger partial charge in [-0.3, -0.25) is 9.59 Å². The number of carbonyl (C=O) groups is 2. The molecule has 1 heterocycles. The van der Waals surface area contributed by atoms with Crippen molar-refractivity contribution in [3.05, 3.63) is 0 Å². The summed E-state index contributed by atoms with van der Waals surface area (Å²) in [5.74, 6) is -0.372. The van der Waals surface area contributed by atoms with Crippen LogP contribution in [0.15, 0.2) is 0 Å². The molecule has 1 fully saturated rings. The molecule has 1 N–H and O–H groups in total. The van der Waals surface area contributed by atoms with Gasteiger partial charge in [-0.15, -0.1) is 0 Å². The Labute approximate surface area is 95.4 Å². The summed E-state index contributed by atoms with van der Waals surface area (Å²) in [6, 6.07) is 0. The topological polar surface area (TPSA) is 66.8 Å². The van der Waals surface area contributed by atoms with Crippen LogP contribution in [0.25, 0.3) is 0 Å². The van der Waals surface area contributed by atoms with Crippen molar-refractivity contribution in [2.45, 2.75) is 44.8 Å². The molecule has 0 spiro atoms. The standard InChI is InChI=1S/C11H19NO4/c1-16-11(15)7-4-6-10(14)12-8-3-2-5-9(12)13/h9,13H,2-8H2,1H3/t9-/m0/s1. The van der Waals surface area contributed by atoms with E-state index in [0.717, 1.165) is 12.8 Å². The molecule has 0 radical (unpaired) electrons. The van der Waals surface area contributed by atoms with E-state index in [4.69, 9.17) is 0 Å². The summed E-state index contributed by atoms with van der Waals surface area (Å²) < 4.78 is 4.49. The van der Waals surface area contributed by atoms with Crippen LogP contribution in [0, 0.1) is 0 Å². The van der Waals surface area contributed by atoms with Gasteiger partial charge in [0.1, 0.15) is 6.23 Å². The van der Waals surface area contributed by atoms with E-state index in [2.05, 4.69) is 4.74 Å². The molecule has 92 valence electrons. The molecule has 1 atom stereocenters. The van der Waals surface area contributed by atoms with Crippen LogP contribution in [0.4, 0.5) is 0 Å². The number of aliphatic hydroxyl groups is 1. The molecular formula is C11H19NO4. The van der Waals surface area contributed by atoms with E-state index in [1.54, 1.807) is 0 Å². The van der Waals surface area contributed by atoms with Gasteiger partial charge in [0, 0.05) is 19.4 Å². The smallest absolute Gasteiger partial charge is 0.305 e. The van der Waals surface area contributed by atoms with Gasteiger partial charge in [0.05, 0.1) is 7.11 Å². The van der Waals surface area contributed by atoms with Gasteiger partial charge in [0.25, 0.3) is 0 Å². The van der Waals surface area contributed by atoms with E-state index in [1.165, 1.54) is 12.0 Å². The maximum Gasteiger partial charge on any atom is 0.305 e. The zero-order chi connectivity index (χ0) is 12.0. The van der Waals surface area contributed by atoms with Gasteiger partial charge in [-0.05, 0) is 25.7 Å². The molecule has 5 heteroatoms. The first-order valence-corrected chi connectivity index (χ1v) is 5.69. The highest BCUT2D eigenvalue weighted by Crippen LogP contribution is 2.16. The highest BCUT2D eigenvalue weighted by molar-refractivity contribution is 5.77. The number of rotatable bonds is 4. The van der Waals surface area contributed by atoms with Crippen LogP contribution in [0.2, 0.25) is 0 Å². The molecule has 1 amide bonds. The average molecular weight is 229 g/mol. The second-order valence-electron chi connectivity index (χ2n) is 3.99. The van der Waals surface area contributed by atoms with Gasteiger partial charge in [-0.1, -0.05) is 0 Å². The highest BCUT2D eigenvalue weighted by Gasteiger charge is 2.24. The molecule has 0 aromatic carbocycles. The Morgan fingerprint density at radius 2 is 2.12 bits per heavy atom. The molecule has 0 aliphatic carbocycles. The summed E-state index contributed by atoms with van der Waals surface area (Å²) in [5.41, 5.74) is 0. The minimum atomic E-state index is -0.639. The molecule has 0 bridgehead atoms. The van der Waals surface area contributed by atoms with Gasteiger partial charge in [0.2, 0.25) is 5.91 Å². The monoisotopic (exact) mass is 229 g/mol. The number of carbonyl (C=O) groups excluding carboxylic acids is 2. The Balaban J connectivity index is 2.25. The second-order valence-corrected chi connectivity index (χ2v) is 3.99. The van der Waals surface area contributed by atoms with Crippen molar-refractivity contribution in [2.24, 2.45) is 0 Å². The Kier molecular flexibility index (Phi) is 5.25. The van der Waals surface area contributed by atoms with Gasteiger partial charge < -0.3 is 14.7 Å². The number of piperidine rings is 1. The molecule has 1 aliphatic rings. The van der Waals surface area contributed by atoms with Crippen molar-refractivity contribution < 1.29 is 19.4 Å². The number of nitrogens with zero attached hydrogens (tertiary/aromatic N) is 1. The zero-order valence-electron chi connectivity index (χ0n) is 9.65. The van der Waals surface area contributed by atoms with Crippen LogP contribution in [-0.2, 0) is 14.3 Å². The first-order chi connectivity index (χ1) is 7.65. The van der Waals surface area contributed by atoms with Crippen molar-refractivity contribution in [3.8, 4) is 0 Å². The number of hydrogen-bond donors (Lipinski definition) is 1. The normalized spacial score (nSPS) is 20.6. The largest absolute Gasteiger partial charge is 0.469 e. The zero-order valence-corrected chi connectivity index (χ0v) is 9.65. The van der Waals surface area contributed by atoms with Gasteiger partial charge in [-0.25, -0.2) is 0 Å². The third-order valence-electron chi connectivity index (χ3n) is 2.79. The molecule has 0 aromatic rings. The van der Waals surface area contributed by atoms with Gasteiger partial charge in [-0.2, -0.15) is 0 Å². The lowest BCUT2D eigenvalue weighted by atomic mass is 10.1. The molecule has 0 saturated carbocycles. The Hall–Kier alpha value is -1.10. The fourth-order valence-electron chi connectivity index (χ4n) is 1.83. The quantitative estimate of drug-likeness (QED) is 0.719. The highest BCUT2D eigenvalue weighted by atomic mass is 16.5. The molecule has 0 unspecified atom stereocenters. The Morgan fingerprint density at radius 1 is 1.38 bits per heavy atom. The van der Waals surface area contributed by atoms with E-state index >= 15 is 0 Å². The SMILES string of the molecule is COC(=O)CCCC(=O)N1CCCC[C@@H]1O. The molecule has 5 nitrogen and oxygen atoms in total. The van der Waals surface area contributed by atoms with Gasteiger partial charge in [0.15, 0.2) is 0 Å². The summed E-state index contributed by atoms with van der Waals surface area (Å²) in [6.45, 7) is 0.623. The van der Waals surface area contributed by atoms with Crippen molar-refractivity contribution in [2.75, 3.05) is 13.7 Å². The third kappa shape index (κ3) is 3.81. The average Bonchev–Trinajstić information content (AvgIpc) is 2.29. The van der Waals surface area contributed by atoms with Crippen LogP contribution in [-0.4, -0.2) is 41.8 Å². The predicted molar refractivity (Wildman–Crippen MR) is 57.4 cm³/mol. The third-order valence-corrected chi connectivity index (χ3v) is 2.79. The van der Waals surface area contributed by atoms with Crippen LogP contribution in [0.5, 0.6) is 0 Å². The van der Waals surface area contributed by atoms with Crippen molar-refractivity contribution in [3.63, 3.8) is 0 Å². The van der Waals surface area contributed by atoms with E-state index in [9.17, 15) is 14.7 Å². The lowest BCUT2D eigenvalue weighted by Crippen LogP contribution is -2.43. The summed E-state index contributed by atoms with van der Waals surface area (Å²) >= 11 is 0. The fraction of sp³-hybridized carbons (Fsp3) is 0.818. The number of aliphatic hydroxyl groups excluding tert-OH is 1. The summed E-state index contributed by atoms with van der Waals surface area (Å²) in [7, 11) is 1.33. The molecule has 1 saturated heterocycles. The summed E-state index contributed by atoms with van der Waals surface area (Å²) in [6.07, 6.45) is 2.96. The maximum atomic E-state index is 11.7. The van der Waals surface area contributed by atoms with Crippen molar-refractivity contribution in [1.29, 1.82) is 0 Å². The number of esters is 1. The van der Waals surface area contributed by atoms with Crippen LogP contribution >= 0.6 is 0 Å². The van der Waals surface area contributed by atoms with Crippen LogP contribution in [0.3, 0.4) is 0 Å². The van der Waals surface area contributed by atoms with E-state index in [1.807, 2.05) is 0 Å². The number of methoxy groups -OCH3 is 1. The first-order valence-electron chi connectivity index (χ1n) is 5.69. The number of hydrogen-bond acceptors (Lipinski definition) is 4. The minimum Gasteiger partial charge on any atom is -0.469 e. The Morgan fingerprint density at radius 3 is 2.75 bits per heavy atom. The maximum absolute atomic E-state index is 11.7. The fourth-order valence-corrected chi connectivity index (χ4v) is 1.83. The first kappa shape index (κ1) is 13.0. The molecule has 16 heavy (non-hydrogen) atoms. The molecule has 0 aromatic heterocycles. The molecule has 1 rings (SSSR count). The van der Waals surface area contributed by atoms with E-state index in [0.29, 0.717) is 25.8 Å². The molecular weight excluding hydrogens is 210 g/mol. The summed E-state index contributed by atoms with van der Waals surface area (Å²) in [5, 5.41) is 9.61. The Bertz CT molecular complexity index is 254. The van der Waals surface area contributed by atoms with Gasteiger partial charge >= 0.3 is 5.97 Å². The predicted octanol–water partition coefficient (Wildman–Crippen LogP) is 0.661. The number of likely N-dealkylation sites (tertiary alicyclic amines) is 1. The number of amides is 1. The second kappa shape index (κ2) is 6.48. The lowest BCUT2D eigenvalue weighted by Gasteiger charge is -2.32. The van der Waals surface area contributed by atoms with E-state index < -0.39 is 6.23 Å². The minimum absolute atomic E-state index is 0.0731. The summed E-state index contributed by atoms with van der Waals surface area (Å²) in [4.78, 5) is 24.0. The van der Waals surface area contributed by atoms with Crippen LogP contribution < -0.4 is 0 Å². The van der Waals surface area contributed by atoms with Crippen LogP contribution in [0.1, 0.15) is 38.5 Å². The van der Waals surface area contributed by atoms with Crippen molar-refractivity contribution >= 4 is 11.9 Å². The lowest BCUT2D eigenvalue weighted by molar-refractivity contribution is -0.144. The van der Waals surface area contributed by atoms with E-state index in [-0.39, 0.29) is 18.3 Å². The number of ether oxygens (including phenoxy) is 1. The van der Waals surface area contributed by atoms with Crippen molar-refractivity contribution in [1.82, 2.24) is 4.90 Å². The molecule has 1 aliphatic heterocycles.